The molecule has 1 amide bonds. The van der Waals surface area contributed by atoms with Crippen LogP contribution in [0.25, 0.3) is 0 Å². The van der Waals surface area contributed by atoms with Crippen molar-refractivity contribution in [3.05, 3.63) is 83.7 Å². The van der Waals surface area contributed by atoms with Gasteiger partial charge in [0.25, 0.3) is 5.91 Å². The van der Waals surface area contributed by atoms with Crippen LogP contribution in [0.3, 0.4) is 0 Å². The Morgan fingerprint density at radius 2 is 1.79 bits per heavy atom. The molecule has 0 spiro atoms. The molecule has 1 N–H and O–H groups in total. The number of nitrogens with one attached hydrogen (secondary N) is 1. The normalized spacial score (nSPS) is 10.4. The lowest BCUT2D eigenvalue weighted by Gasteiger charge is -2.07. The maximum absolute atomic E-state index is 13.6. The van der Waals surface area contributed by atoms with E-state index in [0.29, 0.717) is 17.1 Å². The van der Waals surface area contributed by atoms with E-state index in [2.05, 4.69) is 10.3 Å². The second-order valence-electron chi connectivity index (χ2n) is 5.20. The molecule has 3 aromatic rings. The summed E-state index contributed by atoms with van der Waals surface area (Å²) in [4.78, 5) is 28.4. The van der Waals surface area contributed by atoms with E-state index in [1.54, 1.807) is 54.3 Å². The highest BCUT2D eigenvalue weighted by molar-refractivity contribution is 6.07. The second kappa shape index (κ2) is 6.45. The molecule has 2 aromatic carbocycles. The van der Waals surface area contributed by atoms with Crippen LogP contribution in [0.5, 0.6) is 0 Å². The molecule has 6 heteroatoms. The van der Waals surface area contributed by atoms with Gasteiger partial charge in [0.2, 0.25) is 5.78 Å². The molecule has 5 nitrogen and oxygen atoms in total. The van der Waals surface area contributed by atoms with Crippen LogP contribution < -0.4 is 5.32 Å². The number of anilines is 1. The first-order valence-corrected chi connectivity index (χ1v) is 7.24. The number of carbonyl (C=O) groups excluding carboxylic acids is 2. The monoisotopic (exact) mass is 323 g/mol. The largest absolute Gasteiger partial charge is 0.331 e. The van der Waals surface area contributed by atoms with Crippen LogP contribution in [-0.4, -0.2) is 21.2 Å². The number of halogens is 1. The number of imidazole rings is 1. The molecule has 0 saturated carbocycles. The van der Waals surface area contributed by atoms with Crippen LogP contribution in [0.15, 0.2) is 60.9 Å². The molecule has 0 bridgehead atoms. The lowest BCUT2D eigenvalue weighted by molar-refractivity contribution is 0.101. The predicted molar refractivity (Wildman–Crippen MR) is 87.4 cm³/mol. The Balaban J connectivity index is 1.76. The van der Waals surface area contributed by atoms with Crippen LogP contribution in [0.2, 0.25) is 0 Å². The molecule has 0 aliphatic rings. The lowest BCUT2D eigenvalue weighted by Crippen LogP contribution is -2.14. The maximum Gasteiger partial charge on any atom is 0.258 e. The fourth-order valence-corrected chi connectivity index (χ4v) is 2.26. The summed E-state index contributed by atoms with van der Waals surface area (Å²) in [7, 11) is 1.74. The first-order chi connectivity index (χ1) is 11.6. The highest BCUT2D eigenvalue weighted by Crippen LogP contribution is 2.15. The van der Waals surface area contributed by atoms with E-state index >= 15 is 0 Å². The van der Waals surface area contributed by atoms with E-state index in [1.165, 1.54) is 18.2 Å². The zero-order valence-electron chi connectivity index (χ0n) is 12.9. The Hall–Kier alpha value is -3.28. The highest BCUT2D eigenvalue weighted by atomic mass is 19.1. The number of ketones is 1. The van der Waals surface area contributed by atoms with Crippen molar-refractivity contribution in [2.45, 2.75) is 0 Å². The first-order valence-electron chi connectivity index (χ1n) is 7.24. The molecular formula is C18H14FN3O2. The van der Waals surface area contributed by atoms with Crippen LogP contribution in [0.4, 0.5) is 10.1 Å². The van der Waals surface area contributed by atoms with E-state index in [1.807, 2.05) is 0 Å². The summed E-state index contributed by atoms with van der Waals surface area (Å²) in [6, 6.07) is 12.1. The third kappa shape index (κ3) is 3.08. The number of amides is 1. The van der Waals surface area contributed by atoms with Gasteiger partial charge in [-0.1, -0.05) is 12.1 Å². The zero-order valence-corrected chi connectivity index (χ0v) is 12.9. The summed E-state index contributed by atoms with van der Waals surface area (Å²) < 4.78 is 15.2. The molecule has 24 heavy (non-hydrogen) atoms. The van der Waals surface area contributed by atoms with Crippen LogP contribution in [0, 0.1) is 5.82 Å². The second-order valence-corrected chi connectivity index (χ2v) is 5.20. The van der Waals surface area contributed by atoms with Crippen molar-refractivity contribution in [2.75, 3.05) is 5.32 Å². The lowest BCUT2D eigenvalue weighted by atomic mass is 10.1. The zero-order chi connectivity index (χ0) is 17.1. The Kier molecular flexibility index (Phi) is 4.20. The molecule has 120 valence electrons. The number of nitrogens with zero attached hydrogens (tertiary/aromatic N) is 2. The average Bonchev–Trinajstić information content (AvgIpc) is 3.01. The van der Waals surface area contributed by atoms with Gasteiger partial charge in [-0.3, -0.25) is 9.59 Å². The minimum absolute atomic E-state index is 0.0364. The summed E-state index contributed by atoms with van der Waals surface area (Å²) in [6.45, 7) is 0. The van der Waals surface area contributed by atoms with Gasteiger partial charge in [0.15, 0.2) is 5.82 Å². The van der Waals surface area contributed by atoms with E-state index in [4.69, 9.17) is 0 Å². The molecule has 0 saturated heterocycles. The number of benzene rings is 2. The van der Waals surface area contributed by atoms with E-state index < -0.39 is 11.7 Å². The van der Waals surface area contributed by atoms with E-state index in [0.717, 1.165) is 0 Å². The summed E-state index contributed by atoms with van der Waals surface area (Å²) in [5.41, 5.74) is 0.887. The van der Waals surface area contributed by atoms with E-state index in [9.17, 15) is 14.0 Å². The smallest absolute Gasteiger partial charge is 0.258 e. The van der Waals surface area contributed by atoms with Crippen molar-refractivity contribution >= 4 is 17.4 Å². The van der Waals surface area contributed by atoms with Gasteiger partial charge >= 0.3 is 0 Å². The summed E-state index contributed by atoms with van der Waals surface area (Å²) >= 11 is 0. The quantitative estimate of drug-likeness (QED) is 0.751. The minimum atomic E-state index is -0.586. The molecule has 0 atom stereocenters. The minimum Gasteiger partial charge on any atom is -0.331 e. The number of aryl methyl sites for hydroxylation is 1. The van der Waals surface area contributed by atoms with Crippen LogP contribution in [0.1, 0.15) is 26.5 Å². The molecule has 1 aromatic heterocycles. The number of aromatic nitrogens is 2. The van der Waals surface area contributed by atoms with Gasteiger partial charge in [0.05, 0.1) is 5.56 Å². The molecule has 0 aliphatic heterocycles. The molecule has 0 radical (unpaired) electrons. The van der Waals surface area contributed by atoms with Crippen LogP contribution in [-0.2, 0) is 7.05 Å². The molecule has 0 unspecified atom stereocenters. The fraction of sp³-hybridized carbons (Fsp3) is 0.0556. The standard InChI is InChI=1S/C18H14FN3O2/c1-22-11-10-20-17(22)16(23)12-6-8-13(9-7-12)21-18(24)14-4-2-3-5-15(14)19/h2-11H,1H3,(H,21,24). The van der Waals surface area contributed by atoms with Crippen molar-refractivity contribution in [3.63, 3.8) is 0 Å². The molecular weight excluding hydrogens is 309 g/mol. The van der Waals surface area contributed by atoms with Crippen molar-refractivity contribution < 1.29 is 14.0 Å². The van der Waals surface area contributed by atoms with Crippen molar-refractivity contribution in [3.8, 4) is 0 Å². The molecule has 3 rings (SSSR count). The first kappa shape index (κ1) is 15.6. The predicted octanol–water partition coefficient (Wildman–Crippen LogP) is 3.04. The maximum atomic E-state index is 13.6. The summed E-state index contributed by atoms with van der Waals surface area (Å²) in [5.74, 6) is -1.01. The highest BCUT2D eigenvalue weighted by Gasteiger charge is 2.14. The topological polar surface area (TPSA) is 64.0 Å². The number of hydrogen-bond donors (Lipinski definition) is 1. The van der Waals surface area contributed by atoms with Gasteiger partial charge in [0, 0.05) is 30.7 Å². The Morgan fingerprint density at radius 1 is 1.08 bits per heavy atom. The van der Waals surface area contributed by atoms with Gasteiger partial charge in [-0.2, -0.15) is 0 Å². The third-order valence-corrected chi connectivity index (χ3v) is 3.55. The number of carbonyl (C=O) groups is 2. The Bertz CT molecular complexity index is 901. The Morgan fingerprint density at radius 3 is 2.42 bits per heavy atom. The average molecular weight is 323 g/mol. The van der Waals surface area contributed by atoms with Gasteiger partial charge in [-0.05, 0) is 36.4 Å². The van der Waals surface area contributed by atoms with Crippen molar-refractivity contribution in [2.24, 2.45) is 7.05 Å². The Labute approximate surface area is 137 Å². The summed E-state index contributed by atoms with van der Waals surface area (Å²) in [5, 5.41) is 2.60. The number of hydrogen-bond acceptors (Lipinski definition) is 3. The molecule has 1 heterocycles. The molecule has 0 fully saturated rings. The third-order valence-electron chi connectivity index (χ3n) is 3.55. The number of rotatable bonds is 4. The van der Waals surface area contributed by atoms with E-state index in [-0.39, 0.29) is 11.3 Å². The van der Waals surface area contributed by atoms with Gasteiger partial charge in [0.1, 0.15) is 5.82 Å². The van der Waals surface area contributed by atoms with Gasteiger partial charge in [-0.25, -0.2) is 9.37 Å². The van der Waals surface area contributed by atoms with Gasteiger partial charge in [-0.15, -0.1) is 0 Å². The van der Waals surface area contributed by atoms with Crippen molar-refractivity contribution in [1.29, 1.82) is 0 Å². The molecule has 0 aliphatic carbocycles. The fourth-order valence-electron chi connectivity index (χ4n) is 2.26. The SMILES string of the molecule is Cn1ccnc1C(=O)c1ccc(NC(=O)c2ccccc2F)cc1. The van der Waals surface area contributed by atoms with Gasteiger partial charge < -0.3 is 9.88 Å². The van der Waals surface area contributed by atoms with Crippen LogP contribution >= 0.6 is 0 Å². The van der Waals surface area contributed by atoms with Crippen molar-refractivity contribution in [1.82, 2.24) is 9.55 Å². The summed E-state index contributed by atoms with van der Waals surface area (Å²) in [6.07, 6.45) is 3.24.